The molecule has 0 N–H and O–H groups in total. The van der Waals surface area contributed by atoms with Gasteiger partial charge in [0.2, 0.25) is 0 Å². The minimum absolute atomic E-state index is 0.0144. The summed E-state index contributed by atoms with van der Waals surface area (Å²) in [5.41, 5.74) is 0.889. The number of allylic oxidation sites excluding steroid dienone is 3. The van der Waals surface area contributed by atoms with E-state index in [1.807, 2.05) is 13.8 Å². The predicted molar refractivity (Wildman–Crippen MR) is 54.4 cm³/mol. The lowest BCUT2D eigenvalue weighted by Crippen LogP contribution is -2.06. The summed E-state index contributed by atoms with van der Waals surface area (Å²) in [6.45, 7) is 8.15. The molecule has 14 heavy (non-hydrogen) atoms. The van der Waals surface area contributed by atoms with Gasteiger partial charge in [0, 0.05) is 0 Å². The van der Waals surface area contributed by atoms with E-state index in [4.69, 9.17) is 4.74 Å². The molecule has 0 fully saturated rings. The zero-order valence-corrected chi connectivity index (χ0v) is 8.76. The molecule has 0 radical (unpaired) electrons. The van der Waals surface area contributed by atoms with Crippen LogP contribution in [0.15, 0.2) is 35.9 Å². The molecule has 0 atom stereocenters. The summed E-state index contributed by atoms with van der Waals surface area (Å²) in [7, 11) is 0. The maximum Gasteiger partial charge on any atom is 0.192 e. The number of hydrogen-bond donors (Lipinski definition) is 0. The van der Waals surface area contributed by atoms with Crippen LogP contribution < -0.4 is 0 Å². The third-order valence-corrected chi connectivity index (χ3v) is 1.35. The van der Waals surface area contributed by atoms with Gasteiger partial charge in [-0.25, -0.2) is 4.39 Å². The number of hydrogen-bond acceptors (Lipinski definition) is 2. The van der Waals surface area contributed by atoms with E-state index in [2.05, 4.69) is 6.58 Å². The molecule has 3 heteroatoms. The molecule has 0 aliphatic rings. The van der Waals surface area contributed by atoms with Crippen molar-refractivity contribution in [2.24, 2.45) is 0 Å². The van der Waals surface area contributed by atoms with Gasteiger partial charge in [0.05, 0.1) is 0 Å². The molecule has 0 amide bonds. The van der Waals surface area contributed by atoms with E-state index >= 15 is 0 Å². The Morgan fingerprint density at radius 2 is 2.07 bits per heavy atom. The SMILES string of the molecule is C=C(F)C(=CC)OCC(=O)C=C(C)C. The van der Waals surface area contributed by atoms with Gasteiger partial charge in [-0.2, -0.15) is 0 Å². The minimum Gasteiger partial charge on any atom is -0.483 e. The molecule has 0 aliphatic heterocycles. The van der Waals surface area contributed by atoms with Crippen molar-refractivity contribution in [3.05, 3.63) is 35.9 Å². The molecule has 0 aromatic carbocycles. The van der Waals surface area contributed by atoms with E-state index < -0.39 is 5.83 Å². The highest BCUT2D eigenvalue weighted by atomic mass is 19.1. The zero-order chi connectivity index (χ0) is 11.1. The van der Waals surface area contributed by atoms with E-state index in [1.165, 1.54) is 12.2 Å². The van der Waals surface area contributed by atoms with Gasteiger partial charge in [0.1, 0.15) is 0 Å². The molecule has 0 aromatic rings. The lowest BCUT2D eigenvalue weighted by atomic mass is 10.2. The summed E-state index contributed by atoms with van der Waals surface area (Å²) in [6.07, 6.45) is 2.88. The fraction of sp³-hybridized carbons (Fsp3) is 0.364. The number of rotatable bonds is 5. The van der Waals surface area contributed by atoms with E-state index in [0.717, 1.165) is 5.57 Å². The van der Waals surface area contributed by atoms with Crippen LogP contribution in [0, 0.1) is 0 Å². The smallest absolute Gasteiger partial charge is 0.192 e. The highest BCUT2D eigenvalue weighted by Gasteiger charge is 2.04. The van der Waals surface area contributed by atoms with Gasteiger partial charge >= 0.3 is 0 Å². The summed E-state index contributed by atoms with van der Waals surface area (Å²) >= 11 is 0. The summed E-state index contributed by atoms with van der Waals surface area (Å²) in [6, 6.07) is 0. The van der Waals surface area contributed by atoms with Crippen molar-refractivity contribution in [2.45, 2.75) is 20.8 Å². The van der Waals surface area contributed by atoms with Crippen molar-refractivity contribution >= 4 is 5.78 Å². The summed E-state index contributed by atoms with van der Waals surface area (Å²) in [4.78, 5) is 11.1. The lowest BCUT2D eigenvalue weighted by molar-refractivity contribution is -0.117. The standard InChI is InChI=1S/C11H15FO2/c1-5-11(9(4)12)14-7-10(13)6-8(2)3/h5-6H,4,7H2,1-3H3. The second-order valence-electron chi connectivity index (χ2n) is 3.03. The van der Waals surface area contributed by atoms with Crippen LogP contribution in [-0.4, -0.2) is 12.4 Å². The summed E-state index contributed by atoms with van der Waals surface area (Å²) in [5.74, 6) is -0.844. The Hall–Kier alpha value is -1.38. The Kier molecular flexibility index (Phi) is 5.53. The fourth-order valence-electron chi connectivity index (χ4n) is 0.831. The molecule has 78 valence electrons. The molecule has 0 aliphatic carbocycles. The normalized spacial score (nSPS) is 10.7. The molecule has 0 heterocycles. The van der Waals surface area contributed by atoms with Crippen molar-refractivity contribution in [2.75, 3.05) is 6.61 Å². The van der Waals surface area contributed by atoms with Crippen LogP contribution >= 0.6 is 0 Å². The Morgan fingerprint density at radius 3 is 2.43 bits per heavy atom. The van der Waals surface area contributed by atoms with Crippen molar-refractivity contribution in [3.8, 4) is 0 Å². The summed E-state index contributed by atoms with van der Waals surface area (Å²) < 4.78 is 17.5. The van der Waals surface area contributed by atoms with Gasteiger partial charge in [-0.3, -0.25) is 4.79 Å². The third-order valence-electron chi connectivity index (χ3n) is 1.35. The van der Waals surface area contributed by atoms with Crippen molar-refractivity contribution in [1.29, 1.82) is 0 Å². The highest BCUT2D eigenvalue weighted by Crippen LogP contribution is 2.10. The van der Waals surface area contributed by atoms with Crippen LogP contribution in [0.4, 0.5) is 4.39 Å². The van der Waals surface area contributed by atoms with E-state index in [9.17, 15) is 9.18 Å². The molecule has 2 nitrogen and oxygen atoms in total. The fourth-order valence-corrected chi connectivity index (χ4v) is 0.831. The number of ketones is 1. The molecule has 0 unspecified atom stereocenters. The molecular formula is C11H15FO2. The van der Waals surface area contributed by atoms with Gasteiger partial charge < -0.3 is 4.74 Å². The van der Waals surface area contributed by atoms with Crippen LogP contribution in [0.2, 0.25) is 0 Å². The van der Waals surface area contributed by atoms with Crippen LogP contribution in [0.1, 0.15) is 20.8 Å². The highest BCUT2D eigenvalue weighted by molar-refractivity contribution is 5.91. The van der Waals surface area contributed by atoms with Gasteiger partial charge in [0.25, 0.3) is 0 Å². The Balaban J connectivity index is 4.13. The molecule has 0 spiro atoms. The Bertz CT molecular complexity index is 284. The quantitative estimate of drug-likeness (QED) is 0.385. The average Bonchev–Trinajstić information content (AvgIpc) is 2.03. The second kappa shape index (κ2) is 6.13. The minimum atomic E-state index is -0.669. The van der Waals surface area contributed by atoms with E-state index in [1.54, 1.807) is 6.92 Å². The summed E-state index contributed by atoms with van der Waals surface area (Å²) in [5, 5.41) is 0. The molecule has 0 saturated carbocycles. The molecule has 0 bridgehead atoms. The van der Waals surface area contributed by atoms with Crippen molar-refractivity contribution < 1.29 is 13.9 Å². The van der Waals surface area contributed by atoms with Gasteiger partial charge in [0.15, 0.2) is 24.0 Å². The second-order valence-corrected chi connectivity index (χ2v) is 3.03. The van der Waals surface area contributed by atoms with Crippen molar-refractivity contribution in [3.63, 3.8) is 0 Å². The maximum absolute atomic E-state index is 12.6. The van der Waals surface area contributed by atoms with Gasteiger partial charge in [-0.15, -0.1) is 0 Å². The van der Waals surface area contributed by atoms with Crippen LogP contribution in [0.5, 0.6) is 0 Å². The Morgan fingerprint density at radius 1 is 1.50 bits per heavy atom. The topological polar surface area (TPSA) is 26.3 Å². The number of carbonyl (C=O) groups is 1. The van der Waals surface area contributed by atoms with E-state index in [-0.39, 0.29) is 18.1 Å². The first-order valence-corrected chi connectivity index (χ1v) is 4.29. The van der Waals surface area contributed by atoms with E-state index in [0.29, 0.717) is 0 Å². The number of ether oxygens (including phenoxy) is 1. The zero-order valence-electron chi connectivity index (χ0n) is 8.76. The van der Waals surface area contributed by atoms with Gasteiger partial charge in [-0.05, 0) is 32.9 Å². The van der Waals surface area contributed by atoms with Crippen LogP contribution in [-0.2, 0) is 9.53 Å². The monoisotopic (exact) mass is 198 g/mol. The number of carbonyl (C=O) groups excluding carboxylic acids is 1. The maximum atomic E-state index is 12.6. The molecule has 0 saturated heterocycles. The van der Waals surface area contributed by atoms with Crippen LogP contribution in [0.25, 0.3) is 0 Å². The Labute approximate surface area is 83.8 Å². The molecule has 0 aromatic heterocycles. The first-order chi connectivity index (χ1) is 6.47. The number of halogens is 1. The van der Waals surface area contributed by atoms with Crippen LogP contribution in [0.3, 0.4) is 0 Å². The first-order valence-electron chi connectivity index (χ1n) is 4.29. The average molecular weight is 198 g/mol. The first kappa shape index (κ1) is 12.6. The lowest BCUT2D eigenvalue weighted by Gasteiger charge is -2.05. The largest absolute Gasteiger partial charge is 0.483 e. The van der Waals surface area contributed by atoms with Gasteiger partial charge in [-0.1, -0.05) is 12.2 Å². The molecular weight excluding hydrogens is 183 g/mol. The predicted octanol–water partition coefficient (Wildman–Crippen LogP) is 2.93. The third kappa shape index (κ3) is 5.30. The molecule has 0 rings (SSSR count). The van der Waals surface area contributed by atoms with Crippen molar-refractivity contribution in [1.82, 2.24) is 0 Å².